The van der Waals surface area contributed by atoms with Gasteiger partial charge in [-0.05, 0) is 59.6 Å². The third-order valence-electron chi connectivity index (χ3n) is 4.77. The summed E-state index contributed by atoms with van der Waals surface area (Å²) in [4.78, 5) is 26.1. The summed E-state index contributed by atoms with van der Waals surface area (Å²) in [5.74, 6) is -0.236. The zero-order valence-electron chi connectivity index (χ0n) is 15.4. The fourth-order valence-electron chi connectivity index (χ4n) is 3.47. The fraction of sp³-hybridized carbons (Fsp3) is 0.667. The Bertz CT molecular complexity index is 566. The lowest BCUT2D eigenvalue weighted by Crippen LogP contribution is -2.52. The summed E-state index contributed by atoms with van der Waals surface area (Å²) in [7, 11) is 0. The summed E-state index contributed by atoms with van der Waals surface area (Å²) in [5.41, 5.74) is 2.59. The second-order valence-corrected chi connectivity index (χ2v) is 7.05. The van der Waals surface area contributed by atoms with Crippen molar-refractivity contribution in [1.82, 2.24) is 20.1 Å². The molecule has 2 rings (SSSR count). The van der Waals surface area contributed by atoms with Crippen LogP contribution in [0, 0.1) is 13.8 Å². The van der Waals surface area contributed by atoms with Crippen LogP contribution in [-0.4, -0.2) is 46.6 Å². The summed E-state index contributed by atoms with van der Waals surface area (Å²) in [6.07, 6.45) is 2.04. The van der Waals surface area contributed by atoms with E-state index in [0.717, 1.165) is 25.9 Å². The van der Waals surface area contributed by atoms with E-state index in [0.29, 0.717) is 6.04 Å². The Morgan fingerprint density at radius 1 is 1.08 bits per heavy atom. The van der Waals surface area contributed by atoms with Gasteiger partial charge in [0.15, 0.2) is 0 Å². The van der Waals surface area contributed by atoms with E-state index >= 15 is 0 Å². The Kier molecular flexibility index (Phi) is 6.04. The summed E-state index contributed by atoms with van der Waals surface area (Å²) < 4.78 is 2.40. The molecule has 1 aliphatic heterocycles. The fourth-order valence-corrected chi connectivity index (χ4v) is 3.47. The van der Waals surface area contributed by atoms with Crippen LogP contribution in [0.4, 0.5) is 4.79 Å². The molecule has 0 bridgehead atoms. The second-order valence-electron chi connectivity index (χ2n) is 7.05. The van der Waals surface area contributed by atoms with Crippen molar-refractivity contribution in [2.24, 2.45) is 0 Å². The molecule has 0 radical (unpaired) electrons. The van der Waals surface area contributed by atoms with Crippen LogP contribution in [0.5, 0.6) is 0 Å². The number of likely N-dealkylation sites (tertiary alicyclic amines) is 1. The van der Waals surface area contributed by atoms with Crippen molar-refractivity contribution in [3.63, 3.8) is 0 Å². The Labute approximate surface area is 144 Å². The number of hydrogen-bond donors (Lipinski definition) is 2. The van der Waals surface area contributed by atoms with E-state index in [4.69, 9.17) is 0 Å². The van der Waals surface area contributed by atoms with Gasteiger partial charge in [0.2, 0.25) is 5.91 Å². The number of nitrogens with zero attached hydrogens (tertiary/aromatic N) is 2. The van der Waals surface area contributed by atoms with Crippen molar-refractivity contribution in [2.45, 2.75) is 65.6 Å². The van der Waals surface area contributed by atoms with Gasteiger partial charge in [-0.2, -0.15) is 0 Å². The molecule has 3 amide bonds. The van der Waals surface area contributed by atoms with Gasteiger partial charge in [0, 0.05) is 36.6 Å². The third-order valence-corrected chi connectivity index (χ3v) is 4.77. The van der Waals surface area contributed by atoms with Crippen LogP contribution in [0.1, 0.15) is 51.0 Å². The lowest BCUT2D eigenvalue weighted by molar-refractivity contribution is -0.125. The lowest BCUT2D eigenvalue weighted by Gasteiger charge is -2.36. The molecule has 134 valence electrons. The molecular weight excluding hydrogens is 304 g/mol. The number of hydrogen-bond acceptors (Lipinski definition) is 3. The third kappa shape index (κ3) is 4.38. The molecule has 1 saturated heterocycles. The number of rotatable bonds is 4. The highest BCUT2D eigenvalue weighted by Gasteiger charge is 2.28. The van der Waals surface area contributed by atoms with Gasteiger partial charge in [-0.15, -0.1) is 0 Å². The Hall–Kier alpha value is -1.82. The molecule has 1 aromatic heterocycles. The lowest BCUT2D eigenvalue weighted by atomic mass is 10.0. The summed E-state index contributed by atoms with van der Waals surface area (Å²) in [6.45, 7) is 11.6. The molecule has 1 unspecified atom stereocenters. The minimum atomic E-state index is -0.421. The number of carbonyl (C=O) groups excluding carboxylic acids is 2. The largest absolute Gasteiger partial charge is 0.346 e. The molecule has 6 nitrogen and oxygen atoms in total. The van der Waals surface area contributed by atoms with E-state index in [1.165, 1.54) is 11.4 Å². The smallest absolute Gasteiger partial charge is 0.321 e. The minimum absolute atomic E-state index is 0.0110. The predicted molar refractivity (Wildman–Crippen MR) is 95.0 cm³/mol. The van der Waals surface area contributed by atoms with E-state index < -0.39 is 6.03 Å². The number of urea groups is 1. The number of amides is 3. The maximum Gasteiger partial charge on any atom is 0.321 e. The topological polar surface area (TPSA) is 66.4 Å². The Balaban J connectivity index is 1.87. The van der Waals surface area contributed by atoms with E-state index in [1.807, 2.05) is 20.8 Å². The van der Waals surface area contributed by atoms with E-state index in [9.17, 15) is 9.59 Å². The maximum atomic E-state index is 12.2. The van der Waals surface area contributed by atoms with Crippen LogP contribution >= 0.6 is 0 Å². The van der Waals surface area contributed by atoms with Gasteiger partial charge in [-0.25, -0.2) is 4.79 Å². The van der Waals surface area contributed by atoms with Gasteiger partial charge >= 0.3 is 6.03 Å². The summed E-state index contributed by atoms with van der Waals surface area (Å²) in [5, 5.41) is 5.11. The first kappa shape index (κ1) is 18.5. The molecule has 24 heavy (non-hydrogen) atoms. The highest BCUT2D eigenvalue weighted by molar-refractivity contribution is 5.96. The molecule has 1 aliphatic rings. The molecule has 6 heteroatoms. The van der Waals surface area contributed by atoms with Gasteiger partial charge < -0.3 is 9.88 Å². The second kappa shape index (κ2) is 7.83. The van der Waals surface area contributed by atoms with Crippen LogP contribution in [0.3, 0.4) is 0 Å². The molecule has 1 atom stereocenters. The van der Waals surface area contributed by atoms with Gasteiger partial charge in [-0.1, -0.05) is 0 Å². The van der Waals surface area contributed by atoms with Crippen molar-refractivity contribution in [3.05, 3.63) is 23.5 Å². The van der Waals surface area contributed by atoms with Gasteiger partial charge in [0.25, 0.3) is 0 Å². The average molecular weight is 334 g/mol. The van der Waals surface area contributed by atoms with E-state index in [1.54, 1.807) is 0 Å². The molecule has 2 N–H and O–H groups in total. The van der Waals surface area contributed by atoms with Crippen LogP contribution in [0.15, 0.2) is 12.1 Å². The molecule has 0 aromatic carbocycles. The van der Waals surface area contributed by atoms with Crippen molar-refractivity contribution in [1.29, 1.82) is 0 Å². The molecule has 1 aromatic rings. The predicted octanol–water partition coefficient (Wildman–Crippen LogP) is 2.36. The summed E-state index contributed by atoms with van der Waals surface area (Å²) in [6, 6.07) is 4.11. The highest BCUT2D eigenvalue weighted by Crippen LogP contribution is 2.27. The van der Waals surface area contributed by atoms with Crippen molar-refractivity contribution >= 4 is 11.9 Å². The van der Waals surface area contributed by atoms with E-state index in [2.05, 4.69) is 46.1 Å². The normalized spacial score (nSPS) is 17.8. The SMILES string of the molecule is Cc1ccc(C)n1C1CCN(C(C)C(=O)NC(=O)NC(C)C)CC1. The van der Waals surface area contributed by atoms with Crippen LogP contribution in [0.2, 0.25) is 0 Å². The molecule has 2 heterocycles. The molecule has 0 saturated carbocycles. The van der Waals surface area contributed by atoms with E-state index in [-0.39, 0.29) is 18.0 Å². The number of piperidine rings is 1. The quantitative estimate of drug-likeness (QED) is 0.888. The van der Waals surface area contributed by atoms with Crippen molar-refractivity contribution in [2.75, 3.05) is 13.1 Å². The molecule has 1 fully saturated rings. The summed E-state index contributed by atoms with van der Waals surface area (Å²) >= 11 is 0. The highest BCUT2D eigenvalue weighted by atomic mass is 16.2. The molecule has 0 spiro atoms. The van der Waals surface area contributed by atoms with Gasteiger partial charge in [0.1, 0.15) is 0 Å². The first-order valence-corrected chi connectivity index (χ1v) is 8.79. The number of aromatic nitrogens is 1. The number of aryl methyl sites for hydroxylation is 2. The first-order chi connectivity index (χ1) is 11.3. The minimum Gasteiger partial charge on any atom is -0.346 e. The zero-order valence-corrected chi connectivity index (χ0v) is 15.4. The maximum absolute atomic E-state index is 12.2. The number of imide groups is 1. The monoisotopic (exact) mass is 334 g/mol. The van der Waals surface area contributed by atoms with Crippen molar-refractivity contribution < 1.29 is 9.59 Å². The Morgan fingerprint density at radius 2 is 1.62 bits per heavy atom. The average Bonchev–Trinajstić information content (AvgIpc) is 2.84. The van der Waals surface area contributed by atoms with Gasteiger partial charge in [-0.3, -0.25) is 15.0 Å². The number of nitrogens with one attached hydrogen (secondary N) is 2. The first-order valence-electron chi connectivity index (χ1n) is 8.79. The Morgan fingerprint density at radius 3 is 2.12 bits per heavy atom. The standard InChI is InChI=1S/C18H30N4O2/c1-12(2)19-18(24)20-17(23)15(5)21-10-8-16(9-11-21)22-13(3)6-7-14(22)4/h6-7,12,15-16H,8-11H2,1-5H3,(H2,19,20,23,24). The van der Waals surface area contributed by atoms with Crippen LogP contribution in [-0.2, 0) is 4.79 Å². The van der Waals surface area contributed by atoms with Crippen molar-refractivity contribution in [3.8, 4) is 0 Å². The van der Waals surface area contributed by atoms with Gasteiger partial charge in [0.05, 0.1) is 6.04 Å². The van der Waals surface area contributed by atoms with Crippen LogP contribution < -0.4 is 10.6 Å². The molecule has 0 aliphatic carbocycles. The molecular formula is C18H30N4O2. The number of carbonyl (C=O) groups is 2. The zero-order chi connectivity index (χ0) is 17.9. The van der Waals surface area contributed by atoms with Crippen LogP contribution in [0.25, 0.3) is 0 Å².